The molecule has 0 radical (unpaired) electrons. The molecule has 0 N–H and O–H groups in total. The fourth-order valence-corrected chi connectivity index (χ4v) is 9.15. The van der Waals surface area contributed by atoms with Crippen LogP contribution in [-0.2, 0) is 19.0 Å². The van der Waals surface area contributed by atoms with Gasteiger partial charge in [0.05, 0.1) is 31.1 Å². The first-order valence-electron chi connectivity index (χ1n) is 7.18. The summed E-state index contributed by atoms with van der Waals surface area (Å²) in [4.78, 5) is 11.7. The molecule has 6 saturated carbocycles. The molecule has 7 aliphatic rings. The number of ether oxygens (including phenoxy) is 3. The van der Waals surface area contributed by atoms with Gasteiger partial charge in [-0.1, -0.05) is 15.9 Å². The summed E-state index contributed by atoms with van der Waals surface area (Å²) >= 11 is 4.01. The molecule has 7 rings (SSSR count). The Kier molecular flexibility index (Phi) is 1.41. The zero-order valence-electron chi connectivity index (χ0n) is 10.6. The van der Waals surface area contributed by atoms with E-state index >= 15 is 0 Å². The predicted molar refractivity (Wildman–Crippen MR) is 66.3 cm³/mol. The molecule has 102 valence electrons. The van der Waals surface area contributed by atoms with Crippen molar-refractivity contribution in [3.05, 3.63) is 0 Å². The van der Waals surface area contributed by atoms with E-state index in [1.165, 1.54) is 7.11 Å². The summed E-state index contributed by atoms with van der Waals surface area (Å²) in [6.07, 6.45) is 0.617. The smallest absolute Gasteiger partial charge is 0.306 e. The van der Waals surface area contributed by atoms with Crippen LogP contribution in [-0.4, -0.2) is 36.4 Å². The topological polar surface area (TPSA) is 44.8 Å². The molecule has 0 aromatic carbocycles. The largest absolute Gasteiger partial charge is 0.469 e. The van der Waals surface area contributed by atoms with E-state index < -0.39 is 0 Å². The van der Waals surface area contributed by atoms with Gasteiger partial charge in [-0.2, -0.15) is 0 Å². The van der Waals surface area contributed by atoms with Gasteiger partial charge in [0.15, 0.2) is 5.79 Å². The van der Waals surface area contributed by atoms with E-state index in [0.717, 1.165) is 19.1 Å². The minimum Gasteiger partial charge on any atom is -0.469 e. The Balaban J connectivity index is 1.44. The maximum absolute atomic E-state index is 11.7. The van der Waals surface area contributed by atoms with Crippen LogP contribution in [0.25, 0.3) is 0 Å². The van der Waals surface area contributed by atoms with Crippen molar-refractivity contribution >= 4 is 21.9 Å². The fourth-order valence-electron chi connectivity index (χ4n) is 7.52. The van der Waals surface area contributed by atoms with Crippen LogP contribution in [0, 0.1) is 40.9 Å². The quantitative estimate of drug-likeness (QED) is 0.564. The Hall–Kier alpha value is -0.130. The van der Waals surface area contributed by atoms with Gasteiger partial charge in [-0.05, 0) is 35.0 Å². The highest BCUT2D eigenvalue weighted by Crippen LogP contribution is 3.05. The normalized spacial score (nSPS) is 66.8. The van der Waals surface area contributed by atoms with E-state index in [0.29, 0.717) is 36.0 Å². The minimum absolute atomic E-state index is 0.0402. The first-order valence-corrected chi connectivity index (χ1v) is 7.97. The Morgan fingerprint density at radius 1 is 1.16 bits per heavy atom. The average Bonchev–Trinajstić information content (AvgIpc) is 2.95. The number of hydrogen-bond acceptors (Lipinski definition) is 4. The summed E-state index contributed by atoms with van der Waals surface area (Å²) in [5.74, 6) is 3.47. The van der Waals surface area contributed by atoms with Crippen molar-refractivity contribution < 1.29 is 19.0 Å². The fraction of sp³-hybridized carbons (Fsp3) is 0.929. The van der Waals surface area contributed by atoms with Crippen molar-refractivity contribution in [2.24, 2.45) is 40.9 Å². The van der Waals surface area contributed by atoms with E-state index in [1.807, 2.05) is 0 Å². The molecule has 1 heterocycles. The molecule has 1 spiro atoms. The summed E-state index contributed by atoms with van der Waals surface area (Å²) in [6.45, 7) is 1.44. The van der Waals surface area contributed by atoms with Gasteiger partial charge in [0.1, 0.15) is 0 Å². The lowest BCUT2D eigenvalue weighted by Crippen LogP contribution is -2.92. The van der Waals surface area contributed by atoms with Crippen LogP contribution < -0.4 is 0 Å². The number of methoxy groups -OCH3 is 1. The third-order valence-corrected chi connectivity index (χ3v) is 9.13. The van der Waals surface area contributed by atoms with E-state index in [4.69, 9.17) is 14.2 Å². The van der Waals surface area contributed by atoms with Crippen molar-refractivity contribution in [2.45, 2.75) is 16.5 Å². The summed E-state index contributed by atoms with van der Waals surface area (Å²) in [5.41, 5.74) is 0.267. The van der Waals surface area contributed by atoms with Gasteiger partial charge in [0.2, 0.25) is 0 Å². The Bertz CT molecular complexity index is 520. The number of hydrogen-bond donors (Lipinski definition) is 0. The molecular formula is C14H15BrO4. The molecule has 6 aliphatic carbocycles. The first-order chi connectivity index (χ1) is 9.14. The van der Waals surface area contributed by atoms with Gasteiger partial charge < -0.3 is 14.2 Å². The lowest BCUT2D eigenvalue weighted by molar-refractivity contribution is -0.438. The van der Waals surface area contributed by atoms with Crippen LogP contribution in [0.2, 0.25) is 0 Å². The molecule has 0 aromatic heterocycles. The van der Waals surface area contributed by atoms with Gasteiger partial charge in [0.25, 0.3) is 0 Å². The molecule has 1 saturated heterocycles. The van der Waals surface area contributed by atoms with E-state index in [9.17, 15) is 4.79 Å². The molecule has 0 aromatic rings. The standard InChI is InChI=1S/C14H15BrO4/c1-17-5(16)4-12-6-9-7(12)11-8(12)10(6)13(9,15)14(11)18-2-3-19-14/h6-11H,2-4H2,1H3/t6?,7-,8+,9-,10-,11?,12?,13?/m1/s1. The van der Waals surface area contributed by atoms with E-state index in [1.54, 1.807) is 0 Å². The molecule has 4 nitrogen and oxygen atoms in total. The zero-order valence-corrected chi connectivity index (χ0v) is 12.2. The second kappa shape index (κ2) is 2.53. The Morgan fingerprint density at radius 3 is 2.32 bits per heavy atom. The van der Waals surface area contributed by atoms with Crippen molar-refractivity contribution in [1.29, 1.82) is 0 Å². The number of alkyl halides is 1. The number of carbonyl (C=O) groups excluding carboxylic acids is 1. The summed E-state index contributed by atoms with van der Waals surface area (Å²) < 4.78 is 17.2. The van der Waals surface area contributed by atoms with Crippen LogP contribution in [0.4, 0.5) is 0 Å². The lowest BCUT2D eigenvalue weighted by atomic mass is 9.13. The monoisotopic (exact) mass is 326 g/mol. The summed E-state index contributed by atoms with van der Waals surface area (Å²) in [6, 6.07) is 0. The average molecular weight is 327 g/mol. The van der Waals surface area contributed by atoms with Crippen molar-refractivity contribution in [3.8, 4) is 0 Å². The van der Waals surface area contributed by atoms with Gasteiger partial charge in [-0.3, -0.25) is 4.79 Å². The molecule has 0 amide bonds. The van der Waals surface area contributed by atoms with Crippen LogP contribution >= 0.6 is 15.9 Å². The number of carbonyl (C=O) groups is 1. The summed E-state index contributed by atoms with van der Waals surface area (Å²) in [5, 5.41) is 0. The van der Waals surface area contributed by atoms with Crippen molar-refractivity contribution in [1.82, 2.24) is 0 Å². The zero-order chi connectivity index (χ0) is 12.8. The Morgan fingerprint density at radius 2 is 1.74 bits per heavy atom. The van der Waals surface area contributed by atoms with Crippen molar-refractivity contribution in [2.75, 3.05) is 20.3 Å². The highest BCUT2D eigenvalue weighted by Gasteiger charge is 3.08. The second-order valence-corrected chi connectivity index (χ2v) is 8.46. The van der Waals surface area contributed by atoms with Crippen molar-refractivity contribution in [3.63, 3.8) is 0 Å². The summed E-state index contributed by atoms with van der Waals surface area (Å²) in [7, 11) is 1.49. The van der Waals surface area contributed by atoms with Gasteiger partial charge in [-0.25, -0.2) is 0 Å². The number of halogens is 1. The van der Waals surface area contributed by atoms with E-state index in [2.05, 4.69) is 15.9 Å². The van der Waals surface area contributed by atoms with Gasteiger partial charge in [-0.15, -0.1) is 0 Å². The highest BCUT2D eigenvalue weighted by molar-refractivity contribution is 9.10. The molecule has 1 aliphatic heterocycles. The van der Waals surface area contributed by atoms with Crippen LogP contribution in [0.1, 0.15) is 6.42 Å². The third-order valence-electron chi connectivity index (χ3n) is 7.52. The molecule has 2 bridgehead atoms. The second-order valence-electron chi connectivity index (χ2n) is 7.15. The molecule has 7 fully saturated rings. The minimum atomic E-state index is -0.357. The molecule has 5 heteroatoms. The maximum atomic E-state index is 11.7. The predicted octanol–water partition coefficient (Wildman–Crippen LogP) is 1.18. The molecule has 8 atom stereocenters. The molecule has 4 unspecified atom stereocenters. The Labute approximate surface area is 119 Å². The molecular weight excluding hydrogens is 312 g/mol. The SMILES string of the molecule is COC(=O)CC12C3[C@@H]4[C@H]1C1[C@H]2[C@@H]3C4(Br)C12OCCO2. The van der Waals surface area contributed by atoms with Crippen LogP contribution in [0.15, 0.2) is 0 Å². The number of esters is 1. The van der Waals surface area contributed by atoms with E-state index in [-0.39, 0.29) is 21.5 Å². The first kappa shape index (κ1) is 10.6. The van der Waals surface area contributed by atoms with Crippen LogP contribution in [0.5, 0.6) is 0 Å². The van der Waals surface area contributed by atoms with Gasteiger partial charge >= 0.3 is 5.97 Å². The highest BCUT2D eigenvalue weighted by atomic mass is 79.9. The van der Waals surface area contributed by atoms with Gasteiger partial charge in [0, 0.05) is 5.92 Å². The lowest BCUT2D eigenvalue weighted by Gasteiger charge is -2.91. The number of rotatable bonds is 2. The maximum Gasteiger partial charge on any atom is 0.306 e. The third kappa shape index (κ3) is 0.625. The van der Waals surface area contributed by atoms with Crippen LogP contribution in [0.3, 0.4) is 0 Å². The molecule has 19 heavy (non-hydrogen) atoms.